The van der Waals surface area contributed by atoms with Crippen molar-refractivity contribution < 1.29 is 8.85 Å². The maximum Gasteiger partial charge on any atom is 0.328 e. The summed E-state index contributed by atoms with van der Waals surface area (Å²) in [6.07, 6.45) is 12.7. The minimum atomic E-state index is -1.55. The maximum absolute atomic E-state index is 6.23. The van der Waals surface area contributed by atoms with Gasteiger partial charge in [-0.2, -0.15) is 0 Å². The molecule has 2 aliphatic rings. The molecule has 118 valence electrons. The molecule has 2 unspecified atom stereocenters. The van der Waals surface area contributed by atoms with Crippen LogP contribution in [0.3, 0.4) is 0 Å². The van der Waals surface area contributed by atoms with Gasteiger partial charge >= 0.3 is 9.28 Å². The van der Waals surface area contributed by atoms with Crippen molar-refractivity contribution in [2.24, 2.45) is 11.8 Å². The minimum Gasteiger partial charge on any atom is -0.396 e. The molecule has 0 aromatic heterocycles. The SMILES string of the molecule is CCO[SiH](OCC)C1(C2CCCC(C)C2)CCCCC1. The van der Waals surface area contributed by atoms with E-state index in [0.717, 1.165) is 25.0 Å². The molecule has 0 aromatic rings. The van der Waals surface area contributed by atoms with Crippen molar-refractivity contribution >= 4 is 9.28 Å². The van der Waals surface area contributed by atoms with Crippen molar-refractivity contribution in [3.63, 3.8) is 0 Å². The van der Waals surface area contributed by atoms with Crippen LogP contribution in [0.1, 0.15) is 78.6 Å². The summed E-state index contributed by atoms with van der Waals surface area (Å²) in [6.45, 7) is 8.39. The van der Waals surface area contributed by atoms with Crippen LogP contribution in [0.5, 0.6) is 0 Å². The third-order valence-electron chi connectivity index (χ3n) is 5.64. The average Bonchev–Trinajstić information content (AvgIpc) is 2.48. The van der Waals surface area contributed by atoms with E-state index in [2.05, 4.69) is 20.8 Å². The van der Waals surface area contributed by atoms with Gasteiger partial charge in [-0.3, -0.25) is 0 Å². The molecule has 0 aromatic carbocycles. The van der Waals surface area contributed by atoms with Gasteiger partial charge in [0.25, 0.3) is 0 Å². The molecule has 3 heteroatoms. The van der Waals surface area contributed by atoms with Gasteiger partial charge in [0.15, 0.2) is 0 Å². The molecule has 0 spiro atoms. The van der Waals surface area contributed by atoms with Gasteiger partial charge in [0, 0.05) is 18.3 Å². The molecule has 2 saturated carbocycles. The summed E-state index contributed by atoms with van der Waals surface area (Å²) in [5.74, 6) is 1.78. The first-order chi connectivity index (χ1) is 9.73. The number of hydrogen-bond donors (Lipinski definition) is 0. The van der Waals surface area contributed by atoms with Gasteiger partial charge in [0.1, 0.15) is 0 Å². The summed E-state index contributed by atoms with van der Waals surface area (Å²) in [5.41, 5.74) is 0. The zero-order chi connectivity index (χ0) is 14.4. The zero-order valence-electron chi connectivity index (χ0n) is 13.8. The molecule has 0 amide bonds. The second-order valence-corrected chi connectivity index (χ2v) is 9.49. The normalized spacial score (nSPS) is 30.6. The molecule has 2 atom stereocenters. The summed E-state index contributed by atoms with van der Waals surface area (Å²) >= 11 is 0. The summed E-state index contributed by atoms with van der Waals surface area (Å²) < 4.78 is 12.5. The molecular weight excluding hydrogens is 264 g/mol. The van der Waals surface area contributed by atoms with E-state index in [0.29, 0.717) is 5.04 Å². The van der Waals surface area contributed by atoms with Crippen LogP contribution in [-0.4, -0.2) is 22.5 Å². The van der Waals surface area contributed by atoms with Crippen molar-refractivity contribution in [3.05, 3.63) is 0 Å². The summed E-state index contributed by atoms with van der Waals surface area (Å²) in [6, 6.07) is 0. The van der Waals surface area contributed by atoms with E-state index in [1.807, 2.05) is 0 Å². The molecule has 2 aliphatic carbocycles. The Morgan fingerprint density at radius 2 is 1.60 bits per heavy atom. The van der Waals surface area contributed by atoms with Gasteiger partial charge in [-0.15, -0.1) is 0 Å². The lowest BCUT2D eigenvalue weighted by Gasteiger charge is -2.49. The predicted molar refractivity (Wildman–Crippen MR) is 87.3 cm³/mol. The zero-order valence-corrected chi connectivity index (χ0v) is 15.0. The van der Waals surface area contributed by atoms with E-state index in [1.54, 1.807) is 0 Å². The highest BCUT2D eigenvalue weighted by molar-refractivity contribution is 6.48. The molecule has 2 fully saturated rings. The molecule has 0 aliphatic heterocycles. The van der Waals surface area contributed by atoms with Crippen LogP contribution >= 0.6 is 0 Å². The van der Waals surface area contributed by atoms with E-state index in [1.165, 1.54) is 57.8 Å². The molecule has 0 radical (unpaired) electrons. The van der Waals surface area contributed by atoms with Crippen molar-refractivity contribution in [3.8, 4) is 0 Å². The molecule has 0 N–H and O–H groups in total. The Labute approximate surface area is 127 Å². The highest BCUT2D eigenvalue weighted by Crippen LogP contribution is 2.56. The fourth-order valence-corrected chi connectivity index (χ4v) is 7.62. The third kappa shape index (κ3) is 3.66. The van der Waals surface area contributed by atoms with Crippen LogP contribution in [0.25, 0.3) is 0 Å². The summed E-state index contributed by atoms with van der Waals surface area (Å²) in [7, 11) is -1.55. The number of rotatable bonds is 6. The second-order valence-electron chi connectivity index (χ2n) is 7.01. The van der Waals surface area contributed by atoms with E-state index >= 15 is 0 Å². The summed E-state index contributed by atoms with van der Waals surface area (Å²) in [4.78, 5) is 0. The standard InChI is InChI=1S/C17H34O2Si/c1-4-18-20(19-5-2)17(12-7-6-8-13-17)16-11-9-10-15(3)14-16/h15-16,20H,4-14H2,1-3H3. The molecule has 0 heterocycles. The first kappa shape index (κ1) is 16.5. The molecule has 20 heavy (non-hydrogen) atoms. The van der Waals surface area contributed by atoms with E-state index in [-0.39, 0.29) is 0 Å². The van der Waals surface area contributed by atoms with Gasteiger partial charge in [-0.1, -0.05) is 45.4 Å². The van der Waals surface area contributed by atoms with Crippen molar-refractivity contribution in [2.75, 3.05) is 13.2 Å². The van der Waals surface area contributed by atoms with Crippen LogP contribution < -0.4 is 0 Å². The fourth-order valence-electron chi connectivity index (χ4n) is 4.69. The Balaban J connectivity index is 2.18. The van der Waals surface area contributed by atoms with E-state index in [9.17, 15) is 0 Å². The van der Waals surface area contributed by atoms with Crippen LogP contribution in [-0.2, 0) is 8.85 Å². The van der Waals surface area contributed by atoms with Crippen LogP contribution in [0.4, 0.5) is 0 Å². The Kier molecular flexibility index (Phi) is 6.56. The van der Waals surface area contributed by atoms with E-state index < -0.39 is 9.28 Å². The highest BCUT2D eigenvalue weighted by Gasteiger charge is 2.49. The van der Waals surface area contributed by atoms with Gasteiger partial charge in [-0.05, 0) is 44.9 Å². The van der Waals surface area contributed by atoms with Gasteiger partial charge in [0.05, 0.1) is 0 Å². The van der Waals surface area contributed by atoms with Crippen LogP contribution in [0.2, 0.25) is 5.04 Å². The lowest BCUT2D eigenvalue weighted by atomic mass is 9.70. The Morgan fingerprint density at radius 3 is 2.15 bits per heavy atom. The number of hydrogen-bond acceptors (Lipinski definition) is 2. The lowest BCUT2D eigenvalue weighted by Crippen LogP contribution is -2.46. The smallest absolute Gasteiger partial charge is 0.328 e. The molecular formula is C17H34O2Si. The monoisotopic (exact) mass is 298 g/mol. The van der Waals surface area contributed by atoms with Gasteiger partial charge in [0.2, 0.25) is 0 Å². The molecule has 0 bridgehead atoms. The minimum absolute atomic E-state index is 0.443. The van der Waals surface area contributed by atoms with Gasteiger partial charge < -0.3 is 8.85 Å². The topological polar surface area (TPSA) is 18.5 Å². The second kappa shape index (κ2) is 7.95. The quantitative estimate of drug-likeness (QED) is 0.655. The first-order valence-electron chi connectivity index (χ1n) is 8.96. The average molecular weight is 299 g/mol. The predicted octanol–water partition coefficient (Wildman–Crippen LogP) is 4.81. The Morgan fingerprint density at radius 1 is 0.950 bits per heavy atom. The first-order valence-corrected chi connectivity index (χ1v) is 10.5. The maximum atomic E-state index is 6.23. The Hall–Kier alpha value is 0.137. The molecule has 2 rings (SSSR count). The van der Waals surface area contributed by atoms with Crippen LogP contribution in [0, 0.1) is 11.8 Å². The summed E-state index contributed by atoms with van der Waals surface area (Å²) in [5, 5.41) is 0.443. The van der Waals surface area contributed by atoms with Crippen LogP contribution in [0.15, 0.2) is 0 Å². The lowest BCUT2D eigenvalue weighted by molar-refractivity contribution is 0.107. The third-order valence-corrected chi connectivity index (χ3v) is 8.90. The highest BCUT2D eigenvalue weighted by atomic mass is 28.3. The van der Waals surface area contributed by atoms with E-state index in [4.69, 9.17) is 8.85 Å². The molecule has 2 nitrogen and oxygen atoms in total. The Bertz CT molecular complexity index is 263. The van der Waals surface area contributed by atoms with Crippen molar-refractivity contribution in [1.29, 1.82) is 0 Å². The largest absolute Gasteiger partial charge is 0.396 e. The van der Waals surface area contributed by atoms with Gasteiger partial charge in [-0.25, -0.2) is 0 Å². The fraction of sp³-hybridized carbons (Fsp3) is 1.00. The van der Waals surface area contributed by atoms with Crippen molar-refractivity contribution in [1.82, 2.24) is 0 Å². The van der Waals surface area contributed by atoms with Crippen molar-refractivity contribution in [2.45, 2.75) is 83.6 Å². The molecule has 0 saturated heterocycles.